The second-order valence-electron chi connectivity index (χ2n) is 5.88. The maximum Gasteiger partial charge on any atom is 0.224 e. The van der Waals surface area contributed by atoms with Gasteiger partial charge in [-0.15, -0.1) is 5.10 Å². The molecular weight excluding hydrogens is 328 g/mol. The Labute approximate surface area is 145 Å². The third-order valence-corrected chi connectivity index (χ3v) is 5.06. The minimum Gasteiger partial charge on any atom is -0.468 e. The van der Waals surface area contributed by atoms with Crippen molar-refractivity contribution in [2.45, 2.75) is 24.5 Å². The fourth-order valence-electron chi connectivity index (χ4n) is 2.84. The first-order valence-corrected chi connectivity index (χ1v) is 9.08. The number of rotatable bonds is 7. The van der Waals surface area contributed by atoms with Crippen molar-refractivity contribution in [3.63, 3.8) is 0 Å². The topological polar surface area (TPSA) is 89.1 Å². The average molecular weight is 350 g/mol. The molecule has 0 spiro atoms. The van der Waals surface area contributed by atoms with Crippen LogP contribution < -0.4 is 5.32 Å². The van der Waals surface area contributed by atoms with Crippen molar-refractivity contribution >= 4 is 17.7 Å². The molecule has 1 fully saturated rings. The van der Waals surface area contributed by atoms with E-state index in [0.717, 1.165) is 49.1 Å². The van der Waals surface area contributed by atoms with Crippen LogP contribution in [0.4, 0.5) is 0 Å². The lowest BCUT2D eigenvalue weighted by Crippen LogP contribution is -2.43. The largest absolute Gasteiger partial charge is 0.468 e. The highest BCUT2D eigenvalue weighted by Gasteiger charge is 2.25. The Hall–Kier alpha value is -1.87. The fraction of sp³-hybridized carbons (Fsp3) is 0.600. The summed E-state index contributed by atoms with van der Waals surface area (Å²) in [5.41, 5.74) is 0. The van der Waals surface area contributed by atoms with Crippen LogP contribution in [0.15, 0.2) is 28.0 Å². The number of likely N-dealkylation sites (tertiary alicyclic amines) is 1. The maximum atomic E-state index is 12.4. The molecule has 0 saturated carbocycles. The van der Waals surface area contributed by atoms with Gasteiger partial charge in [0.25, 0.3) is 0 Å². The predicted octanol–water partition coefficient (Wildman–Crippen LogP) is 0.924. The number of hydrogen-bond acceptors (Lipinski definition) is 7. The average Bonchev–Trinajstić information content (AvgIpc) is 3.24. The number of hydrogen-bond donors (Lipinski definition) is 1. The van der Waals surface area contributed by atoms with Crippen LogP contribution in [0.1, 0.15) is 18.6 Å². The molecule has 0 bridgehead atoms. The Bertz CT molecular complexity index is 644. The molecule has 3 heterocycles. The summed E-state index contributed by atoms with van der Waals surface area (Å²) in [6.07, 6.45) is 3.67. The van der Waals surface area contributed by atoms with Gasteiger partial charge in [0.15, 0.2) is 0 Å². The second kappa shape index (κ2) is 8.29. The summed E-state index contributed by atoms with van der Waals surface area (Å²) in [6, 6.07) is 3.87. The molecule has 2 aromatic heterocycles. The first-order valence-electron chi connectivity index (χ1n) is 8.10. The van der Waals surface area contributed by atoms with Gasteiger partial charge in [-0.3, -0.25) is 9.69 Å². The van der Waals surface area contributed by atoms with Crippen LogP contribution in [0.5, 0.6) is 0 Å². The van der Waals surface area contributed by atoms with Crippen LogP contribution in [-0.4, -0.2) is 56.4 Å². The van der Waals surface area contributed by atoms with Gasteiger partial charge < -0.3 is 9.73 Å². The quantitative estimate of drug-likeness (QED) is 0.587. The van der Waals surface area contributed by atoms with Gasteiger partial charge in [0, 0.05) is 25.9 Å². The molecule has 1 aliphatic heterocycles. The molecule has 1 amide bonds. The number of nitrogens with one attached hydrogen (secondary N) is 1. The molecule has 0 aliphatic carbocycles. The van der Waals surface area contributed by atoms with Gasteiger partial charge in [0.2, 0.25) is 11.1 Å². The van der Waals surface area contributed by atoms with Crippen LogP contribution in [0.3, 0.4) is 0 Å². The molecule has 2 aromatic rings. The number of thioether (sulfide) groups is 1. The number of piperidine rings is 1. The zero-order chi connectivity index (χ0) is 16.8. The molecular formula is C15H22N6O2S. The van der Waals surface area contributed by atoms with Gasteiger partial charge in [-0.2, -0.15) is 0 Å². The molecule has 0 radical (unpaired) electrons. The number of aryl methyl sites for hydroxylation is 1. The highest BCUT2D eigenvalue weighted by atomic mass is 32.2. The Morgan fingerprint density at radius 3 is 3.21 bits per heavy atom. The van der Waals surface area contributed by atoms with E-state index in [1.165, 1.54) is 11.8 Å². The van der Waals surface area contributed by atoms with Crippen LogP contribution in [0.25, 0.3) is 0 Å². The Balaban J connectivity index is 1.38. The van der Waals surface area contributed by atoms with Crippen LogP contribution >= 0.6 is 11.8 Å². The summed E-state index contributed by atoms with van der Waals surface area (Å²) in [5, 5.41) is 15.1. The number of aromatic nitrogens is 4. The number of tetrazole rings is 1. The van der Waals surface area contributed by atoms with Crippen LogP contribution in [-0.2, 0) is 18.4 Å². The summed E-state index contributed by atoms with van der Waals surface area (Å²) in [5.74, 6) is 1.89. The predicted molar refractivity (Wildman–Crippen MR) is 89.2 cm³/mol. The third-order valence-electron chi connectivity index (χ3n) is 4.05. The van der Waals surface area contributed by atoms with Crippen LogP contribution in [0.2, 0.25) is 0 Å². The van der Waals surface area contributed by atoms with Crippen LogP contribution in [0, 0.1) is 5.92 Å². The highest BCUT2D eigenvalue weighted by Crippen LogP contribution is 2.19. The first kappa shape index (κ1) is 17.0. The Morgan fingerprint density at radius 2 is 2.46 bits per heavy atom. The lowest BCUT2D eigenvalue weighted by molar-refractivity contribution is -0.126. The zero-order valence-electron chi connectivity index (χ0n) is 13.7. The molecule has 130 valence electrons. The van der Waals surface area contributed by atoms with Crippen molar-refractivity contribution in [1.29, 1.82) is 0 Å². The highest BCUT2D eigenvalue weighted by molar-refractivity contribution is 7.99. The van der Waals surface area contributed by atoms with Crippen molar-refractivity contribution in [3.05, 3.63) is 24.2 Å². The van der Waals surface area contributed by atoms with Crippen molar-refractivity contribution < 1.29 is 9.21 Å². The number of amides is 1. The lowest BCUT2D eigenvalue weighted by Gasteiger charge is -2.31. The molecule has 24 heavy (non-hydrogen) atoms. The third kappa shape index (κ3) is 4.57. The van der Waals surface area contributed by atoms with E-state index < -0.39 is 0 Å². The smallest absolute Gasteiger partial charge is 0.224 e. The monoisotopic (exact) mass is 350 g/mol. The van der Waals surface area contributed by atoms with E-state index in [1.54, 1.807) is 18.0 Å². The molecule has 1 aliphatic rings. The normalized spacial score (nSPS) is 18.6. The first-order chi connectivity index (χ1) is 11.7. The van der Waals surface area contributed by atoms with Gasteiger partial charge in [-0.1, -0.05) is 11.8 Å². The minimum absolute atomic E-state index is 0.0511. The molecule has 0 aromatic carbocycles. The summed E-state index contributed by atoms with van der Waals surface area (Å²) in [6.45, 7) is 3.18. The summed E-state index contributed by atoms with van der Waals surface area (Å²) < 4.78 is 7.02. The summed E-state index contributed by atoms with van der Waals surface area (Å²) in [7, 11) is 1.80. The Morgan fingerprint density at radius 1 is 1.54 bits per heavy atom. The molecule has 8 nitrogen and oxygen atoms in total. The van der Waals surface area contributed by atoms with Gasteiger partial charge >= 0.3 is 0 Å². The van der Waals surface area contributed by atoms with Gasteiger partial charge in [-0.25, -0.2) is 4.68 Å². The van der Waals surface area contributed by atoms with E-state index in [9.17, 15) is 4.79 Å². The Kier molecular flexibility index (Phi) is 5.86. The van der Waals surface area contributed by atoms with E-state index in [-0.39, 0.29) is 11.8 Å². The van der Waals surface area contributed by atoms with Crippen molar-refractivity contribution in [1.82, 2.24) is 30.4 Å². The maximum absolute atomic E-state index is 12.4. The molecule has 1 N–H and O–H groups in total. The summed E-state index contributed by atoms with van der Waals surface area (Å²) >= 11 is 1.53. The number of carbonyl (C=O) groups excluding carboxylic acids is 1. The minimum atomic E-state index is 0.0511. The van der Waals surface area contributed by atoms with E-state index in [4.69, 9.17) is 4.42 Å². The molecule has 9 heteroatoms. The number of carbonyl (C=O) groups is 1. The molecule has 1 saturated heterocycles. The van der Waals surface area contributed by atoms with Crippen molar-refractivity contribution in [3.8, 4) is 0 Å². The van der Waals surface area contributed by atoms with Gasteiger partial charge in [0.05, 0.1) is 18.7 Å². The second-order valence-corrected chi connectivity index (χ2v) is 6.94. The molecule has 3 rings (SSSR count). The summed E-state index contributed by atoms with van der Waals surface area (Å²) in [4.78, 5) is 14.6. The van der Waals surface area contributed by atoms with Gasteiger partial charge in [0.1, 0.15) is 5.76 Å². The zero-order valence-corrected chi connectivity index (χ0v) is 14.5. The lowest BCUT2D eigenvalue weighted by atomic mass is 9.97. The number of furan rings is 1. The van der Waals surface area contributed by atoms with Crippen molar-refractivity contribution in [2.75, 3.05) is 25.4 Å². The molecule has 0 unspecified atom stereocenters. The standard InChI is InChI=1S/C15H22N6O2S/c1-20-15(17-18-19-20)24-9-6-16-14(22)12-4-2-7-21(10-12)11-13-5-3-8-23-13/h3,5,8,12H,2,4,6-7,9-11H2,1H3,(H,16,22)/t12-/m1/s1. The number of nitrogens with zero attached hydrogens (tertiary/aromatic N) is 5. The SMILES string of the molecule is Cn1nnnc1SCCNC(=O)[C@@H]1CCCN(Cc2ccco2)C1. The van der Waals surface area contributed by atoms with E-state index >= 15 is 0 Å². The van der Waals surface area contributed by atoms with E-state index in [1.807, 2.05) is 12.1 Å². The van der Waals surface area contributed by atoms with Crippen molar-refractivity contribution in [2.24, 2.45) is 13.0 Å². The fourth-order valence-corrected chi connectivity index (χ4v) is 3.54. The van der Waals surface area contributed by atoms with E-state index in [0.29, 0.717) is 6.54 Å². The van der Waals surface area contributed by atoms with Gasteiger partial charge in [-0.05, 0) is 41.9 Å². The van der Waals surface area contributed by atoms with E-state index in [2.05, 4.69) is 25.7 Å². The molecule has 1 atom stereocenters.